The van der Waals surface area contributed by atoms with Gasteiger partial charge >= 0.3 is 0 Å². The predicted molar refractivity (Wildman–Crippen MR) is 71.0 cm³/mol. The van der Waals surface area contributed by atoms with Crippen LogP contribution in [0.5, 0.6) is 0 Å². The number of halogens is 3. The Balaban J connectivity index is 2.60. The fraction of sp³-hybridized carbons (Fsp3) is 0.417. The van der Waals surface area contributed by atoms with E-state index >= 15 is 0 Å². The summed E-state index contributed by atoms with van der Waals surface area (Å²) in [6.45, 7) is 1.90. The highest BCUT2D eigenvalue weighted by Crippen LogP contribution is 2.16. The van der Waals surface area contributed by atoms with Gasteiger partial charge in [0, 0.05) is 17.5 Å². The molecule has 17 heavy (non-hydrogen) atoms. The SMILES string of the molecule is CC(CCCCl)NC(=O)c1ccc(Br)c(F)c1. The summed E-state index contributed by atoms with van der Waals surface area (Å²) in [6.07, 6.45) is 1.66. The fourth-order valence-electron chi connectivity index (χ4n) is 1.40. The minimum absolute atomic E-state index is 0.0351. The van der Waals surface area contributed by atoms with Crippen LogP contribution in [0.25, 0.3) is 0 Å². The molecular formula is C12H14BrClFNO. The van der Waals surface area contributed by atoms with Crippen molar-refractivity contribution in [3.05, 3.63) is 34.1 Å². The first kappa shape index (κ1) is 14.5. The van der Waals surface area contributed by atoms with Crippen molar-refractivity contribution in [3.63, 3.8) is 0 Å². The third-order valence-electron chi connectivity index (χ3n) is 2.33. The minimum atomic E-state index is -0.439. The van der Waals surface area contributed by atoms with Crippen LogP contribution in [0.15, 0.2) is 22.7 Å². The molecule has 1 aromatic rings. The monoisotopic (exact) mass is 321 g/mol. The lowest BCUT2D eigenvalue weighted by Gasteiger charge is -2.13. The molecule has 0 saturated heterocycles. The normalized spacial score (nSPS) is 12.2. The molecule has 0 aliphatic rings. The van der Waals surface area contributed by atoms with Crippen molar-refractivity contribution < 1.29 is 9.18 Å². The number of amides is 1. The van der Waals surface area contributed by atoms with Crippen LogP contribution < -0.4 is 5.32 Å². The van der Waals surface area contributed by atoms with Gasteiger partial charge in [0.05, 0.1) is 4.47 Å². The summed E-state index contributed by atoms with van der Waals surface area (Å²) in [5.74, 6) is -0.128. The molecule has 94 valence electrons. The van der Waals surface area contributed by atoms with Gasteiger partial charge in [0.1, 0.15) is 5.82 Å². The van der Waals surface area contributed by atoms with Crippen molar-refractivity contribution in [2.24, 2.45) is 0 Å². The first-order chi connectivity index (χ1) is 8.04. The van der Waals surface area contributed by atoms with Gasteiger partial charge in [-0.15, -0.1) is 11.6 Å². The van der Waals surface area contributed by atoms with E-state index in [1.54, 1.807) is 6.07 Å². The Hall–Kier alpha value is -0.610. The summed E-state index contributed by atoms with van der Waals surface area (Å²) in [6, 6.07) is 4.35. The molecule has 0 saturated carbocycles. The molecule has 1 aromatic carbocycles. The van der Waals surface area contributed by atoms with E-state index in [-0.39, 0.29) is 11.9 Å². The maximum atomic E-state index is 13.2. The molecule has 0 aliphatic heterocycles. The van der Waals surface area contributed by atoms with E-state index in [0.717, 1.165) is 12.8 Å². The van der Waals surface area contributed by atoms with Gasteiger partial charge in [-0.25, -0.2) is 4.39 Å². The van der Waals surface area contributed by atoms with Gasteiger partial charge in [0.25, 0.3) is 5.91 Å². The van der Waals surface area contributed by atoms with E-state index in [4.69, 9.17) is 11.6 Å². The molecule has 1 amide bonds. The topological polar surface area (TPSA) is 29.1 Å². The molecule has 0 fully saturated rings. The average Bonchev–Trinajstić information content (AvgIpc) is 2.30. The van der Waals surface area contributed by atoms with E-state index in [0.29, 0.717) is 15.9 Å². The van der Waals surface area contributed by atoms with Crippen LogP contribution >= 0.6 is 27.5 Å². The van der Waals surface area contributed by atoms with E-state index in [2.05, 4.69) is 21.2 Å². The Bertz CT molecular complexity index is 400. The van der Waals surface area contributed by atoms with Gasteiger partial charge in [-0.1, -0.05) is 0 Å². The lowest BCUT2D eigenvalue weighted by atomic mass is 10.1. The summed E-state index contributed by atoms with van der Waals surface area (Å²) >= 11 is 8.61. The van der Waals surface area contributed by atoms with Gasteiger partial charge in [-0.05, 0) is 53.9 Å². The quantitative estimate of drug-likeness (QED) is 0.822. The molecule has 2 nitrogen and oxygen atoms in total. The van der Waals surface area contributed by atoms with Crippen molar-refractivity contribution in [3.8, 4) is 0 Å². The Kier molecular flexibility index (Phi) is 5.92. The smallest absolute Gasteiger partial charge is 0.251 e. The van der Waals surface area contributed by atoms with E-state index in [1.165, 1.54) is 12.1 Å². The summed E-state index contributed by atoms with van der Waals surface area (Å²) in [7, 11) is 0. The summed E-state index contributed by atoms with van der Waals surface area (Å²) < 4.78 is 13.6. The Morgan fingerprint density at radius 2 is 2.29 bits per heavy atom. The molecular weight excluding hydrogens is 308 g/mol. The molecule has 0 radical (unpaired) electrons. The lowest BCUT2D eigenvalue weighted by molar-refractivity contribution is 0.0938. The van der Waals surface area contributed by atoms with Crippen LogP contribution in [0.3, 0.4) is 0 Å². The molecule has 0 bridgehead atoms. The molecule has 1 atom stereocenters. The number of nitrogens with one attached hydrogen (secondary N) is 1. The molecule has 0 aliphatic carbocycles. The van der Waals surface area contributed by atoms with Crippen molar-refractivity contribution >= 4 is 33.4 Å². The molecule has 1 N–H and O–H groups in total. The van der Waals surface area contributed by atoms with Gasteiger partial charge in [0.15, 0.2) is 0 Å². The number of hydrogen-bond acceptors (Lipinski definition) is 1. The average molecular weight is 323 g/mol. The Morgan fingerprint density at radius 3 is 2.88 bits per heavy atom. The van der Waals surface area contributed by atoms with Crippen LogP contribution in [-0.4, -0.2) is 17.8 Å². The number of hydrogen-bond donors (Lipinski definition) is 1. The number of alkyl halides is 1. The molecule has 0 heterocycles. The minimum Gasteiger partial charge on any atom is -0.350 e. The summed E-state index contributed by atoms with van der Waals surface area (Å²) in [4.78, 5) is 11.8. The van der Waals surface area contributed by atoms with Crippen molar-refractivity contribution in [1.82, 2.24) is 5.32 Å². The van der Waals surface area contributed by atoms with Gasteiger partial charge in [0.2, 0.25) is 0 Å². The second kappa shape index (κ2) is 6.97. The van der Waals surface area contributed by atoms with Crippen LogP contribution in [-0.2, 0) is 0 Å². The van der Waals surface area contributed by atoms with Crippen LogP contribution in [0.4, 0.5) is 4.39 Å². The van der Waals surface area contributed by atoms with E-state index in [1.807, 2.05) is 6.92 Å². The maximum Gasteiger partial charge on any atom is 0.251 e. The number of carbonyl (C=O) groups is 1. The third kappa shape index (κ3) is 4.64. The second-order valence-corrected chi connectivity index (χ2v) is 5.07. The first-order valence-corrected chi connectivity index (χ1v) is 6.69. The third-order valence-corrected chi connectivity index (χ3v) is 3.24. The number of rotatable bonds is 5. The number of benzene rings is 1. The zero-order valence-corrected chi connectivity index (χ0v) is 11.8. The van der Waals surface area contributed by atoms with Crippen LogP contribution in [0.1, 0.15) is 30.1 Å². The fourth-order valence-corrected chi connectivity index (χ4v) is 1.80. The summed E-state index contributed by atoms with van der Waals surface area (Å²) in [5.41, 5.74) is 0.323. The van der Waals surface area contributed by atoms with Crippen molar-refractivity contribution in [2.75, 3.05) is 5.88 Å². The highest BCUT2D eigenvalue weighted by molar-refractivity contribution is 9.10. The van der Waals surface area contributed by atoms with Crippen LogP contribution in [0.2, 0.25) is 0 Å². The van der Waals surface area contributed by atoms with Crippen LogP contribution in [0, 0.1) is 5.82 Å². The summed E-state index contributed by atoms with van der Waals surface area (Å²) in [5, 5.41) is 2.80. The second-order valence-electron chi connectivity index (χ2n) is 3.83. The zero-order chi connectivity index (χ0) is 12.8. The maximum absolute atomic E-state index is 13.2. The highest BCUT2D eigenvalue weighted by atomic mass is 79.9. The Morgan fingerprint density at radius 1 is 1.59 bits per heavy atom. The standard InChI is InChI=1S/C12H14BrClFNO/c1-8(3-2-6-14)16-12(17)9-4-5-10(13)11(15)7-9/h4-5,7-8H,2-3,6H2,1H3,(H,16,17). The van der Waals surface area contributed by atoms with Gasteiger partial charge in [-0.3, -0.25) is 4.79 Å². The van der Waals surface area contributed by atoms with Crippen molar-refractivity contribution in [2.45, 2.75) is 25.8 Å². The highest BCUT2D eigenvalue weighted by Gasteiger charge is 2.11. The zero-order valence-electron chi connectivity index (χ0n) is 9.47. The molecule has 0 spiro atoms. The first-order valence-electron chi connectivity index (χ1n) is 5.36. The van der Waals surface area contributed by atoms with Gasteiger partial charge in [-0.2, -0.15) is 0 Å². The lowest BCUT2D eigenvalue weighted by Crippen LogP contribution is -2.32. The molecule has 1 rings (SSSR count). The molecule has 5 heteroatoms. The Labute approximate surface area is 114 Å². The number of carbonyl (C=O) groups excluding carboxylic acids is 1. The molecule has 0 aromatic heterocycles. The largest absolute Gasteiger partial charge is 0.350 e. The van der Waals surface area contributed by atoms with E-state index in [9.17, 15) is 9.18 Å². The van der Waals surface area contributed by atoms with E-state index < -0.39 is 5.82 Å². The van der Waals surface area contributed by atoms with Gasteiger partial charge < -0.3 is 5.32 Å². The van der Waals surface area contributed by atoms with Crippen molar-refractivity contribution in [1.29, 1.82) is 0 Å². The molecule has 1 unspecified atom stereocenters. The predicted octanol–water partition coefficient (Wildman–Crippen LogP) is 3.73.